The summed E-state index contributed by atoms with van der Waals surface area (Å²) in [5, 5.41) is 0. The molecular formula is C14H19NO4. The first-order chi connectivity index (χ1) is 9.10. The van der Waals surface area contributed by atoms with E-state index >= 15 is 0 Å². The molecule has 1 aromatic heterocycles. The molecule has 0 N–H and O–H groups in total. The predicted molar refractivity (Wildman–Crippen MR) is 69.5 cm³/mol. The lowest BCUT2D eigenvalue weighted by Crippen LogP contribution is -2.12. The monoisotopic (exact) mass is 265 g/mol. The third-order valence-electron chi connectivity index (χ3n) is 2.71. The Labute approximate surface area is 112 Å². The van der Waals surface area contributed by atoms with Crippen LogP contribution in [0.2, 0.25) is 0 Å². The van der Waals surface area contributed by atoms with E-state index in [0.29, 0.717) is 29.9 Å². The molecule has 1 aliphatic carbocycles. The fourth-order valence-corrected chi connectivity index (χ4v) is 1.47. The first kappa shape index (κ1) is 13.6. The van der Waals surface area contributed by atoms with Gasteiger partial charge >= 0.3 is 5.97 Å². The zero-order valence-electron chi connectivity index (χ0n) is 11.5. The molecule has 0 aliphatic heterocycles. The second-order valence-corrected chi connectivity index (χ2v) is 5.07. The van der Waals surface area contributed by atoms with Gasteiger partial charge in [-0.05, 0) is 18.8 Å². The molecule has 5 heteroatoms. The van der Waals surface area contributed by atoms with Crippen molar-refractivity contribution in [3.8, 4) is 17.4 Å². The first-order valence-corrected chi connectivity index (χ1v) is 6.48. The van der Waals surface area contributed by atoms with E-state index in [9.17, 15) is 4.79 Å². The summed E-state index contributed by atoms with van der Waals surface area (Å²) in [7, 11) is 1.52. The molecule has 1 aromatic rings. The molecule has 2 rings (SSSR count). The second kappa shape index (κ2) is 5.91. The van der Waals surface area contributed by atoms with Crippen molar-refractivity contribution in [1.82, 2.24) is 4.98 Å². The summed E-state index contributed by atoms with van der Waals surface area (Å²) in [6, 6.07) is 1.58. The number of aromatic nitrogens is 1. The van der Waals surface area contributed by atoms with Gasteiger partial charge in [0.1, 0.15) is 0 Å². The minimum atomic E-state index is -0.206. The Morgan fingerprint density at radius 2 is 2.16 bits per heavy atom. The molecule has 0 spiro atoms. The van der Waals surface area contributed by atoms with E-state index < -0.39 is 0 Å². The zero-order chi connectivity index (χ0) is 13.8. The third kappa shape index (κ3) is 3.84. The standard InChI is InChI=1S/C14H19NO4/c1-9(2)8-18-12-7-15-13(17-3)6-11(12)19-14(16)10-4-5-10/h6-7,9-10H,4-5,8H2,1-3H3. The second-order valence-electron chi connectivity index (χ2n) is 5.07. The quantitative estimate of drug-likeness (QED) is 0.739. The van der Waals surface area contributed by atoms with Crippen molar-refractivity contribution >= 4 is 5.97 Å². The van der Waals surface area contributed by atoms with Crippen LogP contribution in [0.1, 0.15) is 26.7 Å². The Hall–Kier alpha value is -1.78. The summed E-state index contributed by atoms with van der Waals surface area (Å²) in [5.74, 6) is 1.47. The summed E-state index contributed by atoms with van der Waals surface area (Å²) < 4.78 is 16.0. The van der Waals surface area contributed by atoms with Crippen LogP contribution in [0.5, 0.6) is 17.4 Å². The molecule has 0 aromatic carbocycles. The van der Waals surface area contributed by atoms with E-state index in [0.717, 1.165) is 12.8 Å². The molecule has 19 heavy (non-hydrogen) atoms. The SMILES string of the molecule is COc1cc(OC(=O)C2CC2)c(OCC(C)C)cn1. The maximum Gasteiger partial charge on any atom is 0.314 e. The predicted octanol–water partition coefficient (Wildman–Crippen LogP) is 2.44. The smallest absolute Gasteiger partial charge is 0.314 e. The van der Waals surface area contributed by atoms with Gasteiger partial charge in [-0.15, -0.1) is 0 Å². The maximum absolute atomic E-state index is 11.7. The van der Waals surface area contributed by atoms with E-state index in [1.807, 2.05) is 13.8 Å². The van der Waals surface area contributed by atoms with Crippen LogP contribution < -0.4 is 14.2 Å². The number of carbonyl (C=O) groups excluding carboxylic acids is 1. The number of pyridine rings is 1. The number of carbonyl (C=O) groups is 1. The van der Waals surface area contributed by atoms with Crippen molar-refractivity contribution in [3.63, 3.8) is 0 Å². The topological polar surface area (TPSA) is 57.7 Å². The van der Waals surface area contributed by atoms with Crippen LogP contribution in [0.25, 0.3) is 0 Å². The van der Waals surface area contributed by atoms with Gasteiger partial charge in [0.2, 0.25) is 5.88 Å². The van der Waals surface area contributed by atoms with E-state index in [4.69, 9.17) is 14.2 Å². The van der Waals surface area contributed by atoms with Crippen LogP contribution in [-0.4, -0.2) is 24.7 Å². The lowest BCUT2D eigenvalue weighted by atomic mass is 10.2. The molecule has 1 heterocycles. The number of methoxy groups -OCH3 is 1. The summed E-state index contributed by atoms with van der Waals surface area (Å²) in [6.07, 6.45) is 3.34. The van der Waals surface area contributed by atoms with Crippen molar-refractivity contribution in [3.05, 3.63) is 12.3 Å². The molecule has 1 aliphatic rings. The molecule has 104 valence electrons. The Bertz CT molecular complexity index is 455. The van der Waals surface area contributed by atoms with Crippen LogP contribution in [0.3, 0.4) is 0 Å². The lowest BCUT2D eigenvalue weighted by molar-refractivity contribution is -0.135. The number of hydrogen-bond acceptors (Lipinski definition) is 5. The normalized spacial score (nSPS) is 14.3. The minimum Gasteiger partial charge on any atom is -0.488 e. The van der Waals surface area contributed by atoms with Gasteiger partial charge in [0.15, 0.2) is 11.5 Å². The van der Waals surface area contributed by atoms with Crippen LogP contribution in [-0.2, 0) is 4.79 Å². The molecule has 0 amide bonds. The molecule has 0 bridgehead atoms. The largest absolute Gasteiger partial charge is 0.488 e. The van der Waals surface area contributed by atoms with Crippen LogP contribution in [0, 0.1) is 11.8 Å². The van der Waals surface area contributed by atoms with Gasteiger partial charge in [-0.25, -0.2) is 4.98 Å². The molecule has 0 radical (unpaired) electrons. The van der Waals surface area contributed by atoms with Gasteiger partial charge in [-0.2, -0.15) is 0 Å². The van der Waals surface area contributed by atoms with E-state index in [1.165, 1.54) is 13.3 Å². The van der Waals surface area contributed by atoms with Gasteiger partial charge in [0.25, 0.3) is 0 Å². The molecule has 1 fully saturated rings. The highest BCUT2D eigenvalue weighted by molar-refractivity contribution is 5.78. The number of hydrogen-bond donors (Lipinski definition) is 0. The van der Waals surface area contributed by atoms with Gasteiger partial charge in [0, 0.05) is 6.07 Å². The molecule has 0 saturated heterocycles. The number of nitrogens with zero attached hydrogens (tertiary/aromatic N) is 1. The van der Waals surface area contributed by atoms with Gasteiger partial charge in [-0.3, -0.25) is 4.79 Å². The summed E-state index contributed by atoms with van der Waals surface area (Å²) in [5.41, 5.74) is 0. The van der Waals surface area contributed by atoms with E-state index in [1.54, 1.807) is 6.07 Å². The van der Waals surface area contributed by atoms with Gasteiger partial charge in [-0.1, -0.05) is 13.8 Å². The van der Waals surface area contributed by atoms with E-state index in [2.05, 4.69) is 4.98 Å². The Balaban J connectivity index is 2.12. The molecule has 0 unspecified atom stereocenters. The van der Waals surface area contributed by atoms with Crippen LogP contribution in [0.15, 0.2) is 12.3 Å². The average Bonchev–Trinajstić information content (AvgIpc) is 3.21. The van der Waals surface area contributed by atoms with Crippen LogP contribution in [0.4, 0.5) is 0 Å². The number of ether oxygens (including phenoxy) is 3. The lowest BCUT2D eigenvalue weighted by Gasteiger charge is -2.13. The summed E-state index contributed by atoms with van der Waals surface area (Å²) in [4.78, 5) is 15.8. The Kier molecular flexibility index (Phi) is 4.24. The van der Waals surface area contributed by atoms with Crippen molar-refractivity contribution in [2.75, 3.05) is 13.7 Å². The van der Waals surface area contributed by atoms with Crippen LogP contribution >= 0.6 is 0 Å². The summed E-state index contributed by atoms with van der Waals surface area (Å²) in [6.45, 7) is 4.64. The Morgan fingerprint density at radius 1 is 1.42 bits per heavy atom. The van der Waals surface area contributed by atoms with Gasteiger partial charge < -0.3 is 14.2 Å². The zero-order valence-corrected chi connectivity index (χ0v) is 11.5. The molecule has 0 atom stereocenters. The number of esters is 1. The molecule has 1 saturated carbocycles. The first-order valence-electron chi connectivity index (χ1n) is 6.48. The summed E-state index contributed by atoms with van der Waals surface area (Å²) >= 11 is 0. The fraction of sp³-hybridized carbons (Fsp3) is 0.571. The third-order valence-corrected chi connectivity index (χ3v) is 2.71. The fourth-order valence-electron chi connectivity index (χ4n) is 1.47. The highest BCUT2D eigenvalue weighted by Crippen LogP contribution is 2.35. The number of rotatable bonds is 6. The highest BCUT2D eigenvalue weighted by atomic mass is 16.6. The molecule has 5 nitrogen and oxygen atoms in total. The molecular weight excluding hydrogens is 246 g/mol. The Morgan fingerprint density at radius 3 is 2.74 bits per heavy atom. The van der Waals surface area contributed by atoms with Crippen molar-refractivity contribution in [2.45, 2.75) is 26.7 Å². The maximum atomic E-state index is 11.7. The van der Waals surface area contributed by atoms with Crippen molar-refractivity contribution < 1.29 is 19.0 Å². The average molecular weight is 265 g/mol. The van der Waals surface area contributed by atoms with E-state index in [-0.39, 0.29) is 11.9 Å². The van der Waals surface area contributed by atoms with Crippen molar-refractivity contribution in [1.29, 1.82) is 0 Å². The van der Waals surface area contributed by atoms with Crippen molar-refractivity contribution in [2.24, 2.45) is 11.8 Å². The van der Waals surface area contributed by atoms with Gasteiger partial charge in [0.05, 0.1) is 25.8 Å². The highest BCUT2D eigenvalue weighted by Gasteiger charge is 2.32. The minimum absolute atomic E-state index is 0.0390.